The molecule has 1 aromatic heterocycles. The molecule has 0 saturated carbocycles. The smallest absolute Gasteiger partial charge is 0.295 e. The summed E-state index contributed by atoms with van der Waals surface area (Å²) in [5, 5.41) is 11.2. The molecule has 1 atom stereocenters. The molecule has 0 aliphatic carbocycles. The number of hydrogen-bond acceptors (Lipinski definition) is 5. The maximum Gasteiger partial charge on any atom is 0.295 e. The van der Waals surface area contributed by atoms with Crippen LogP contribution in [0.15, 0.2) is 72.6 Å². The number of aromatic nitrogens is 1. The molecule has 6 nitrogen and oxygen atoms in total. The molecule has 1 N–H and O–H groups in total. The van der Waals surface area contributed by atoms with Crippen molar-refractivity contribution in [2.24, 2.45) is 0 Å². The van der Waals surface area contributed by atoms with Gasteiger partial charge in [-0.15, -0.1) is 0 Å². The molecule has 1 unspecified atom stereocenters. The first kappa shape index (κ1) is 23.2. The average Bonchev–Trinajstić information content (AvgIpc) is 3.10. The Hall–Kier alpha value is -3.93. The van der Waals surface area contributed by atoms with Crippen molar-refractivity contribution in [3.63, 3.8) is 0 Å². The third-order valence-corrected chi connectivity index (χ3v) is 5.99. The number of amides is 1. The molecule has 1 fully saturated rings. The number of nitrogens with zero attached hydrogens (tertiary/aromatic N) is 2. The number of Topliss-reactive ketones (excluding diaryl/α,β-unsaturated/α-hetero) is 1. The number of carbonyl (C=O) groups is 2. The van der Waals surface area contributed by atoms with E-state index in [2.05, 4.69) is 4.98 Å². The van der Waals surface area contributed by atoms with Gasteiger partial charge in [0.05, 0.1) is 18.2 Å². The SMILES string of the molecule is CCCOc1ccc(/C(O)=C2\C(=O)C(=O)N(Cc3cc(C)ccc3C)C2c2cccnc2)cc1. The number of carbonyl (C=O) groups excluding carboxylic acids is 2. The van der Waals surface area contributed by atoms with E-state index in [1.807, 2.05) is 45.0 Å². The van der Waals surface area contributed by atoms with E-state index in [1.165, 1.54) is 4.90 Å². The molecule has 0 bridgehead atoms. The van der Waals surface area contributed by atoms with Gasteiger partial charge in [0.1, 0.15) is 11.5 Å². The largest absolute Gasteiger partial charge is 0.507 e. The van der Waals surface area contributed by atoms with Gasteiger partial charge in [0, 0.05) is 24.5 Å². The van der Waals surface area contributed by atoms with Gasteiger partial charge < -0.3 is 14.7 Å². The Balaban J connectivity index is 1.78. The van der Waals surface area contributed by atoms with Crippen molar-refractivity contribution >= 4 is 17.4 Å². The number of rotatable bonds is 7. The van der Waals surface area contributed by atoms with Gasteiger partial charge in [-0.3, -0.25) is 14.6 Å². The maximum atomic E-state index is 13.2. The first-order valence-electron chi connectivity index (χ1n) is 11.4. The van der Waals surface area contributed by atoms with Crippen LogP contribution >= 0.6 is 0 Å². The zero-order chi connectivity index (χ0) is 24.2. The monoisotopic (exact) mass is 456 g/mol. The van der Waals surface area contributed by atoms with E-state index in [4.69, 9.17) is 4.74 Å². The van der Waals surface area contributed by atoms with E-state index >= 15 is 0 Å². The Labute approximate surface area is 199 Å². The van der Waals surface area contributed by atoms with Crippen LogP contribution < -0.4 is 4.74 Å². The lowest BCUT2D eigenvalue weighted by Crippen LogP contribution is -2.29. The highest BCUT2D eigenvalue weighted by Crippen LogP contribution is 2.40. The standard InChI is InChI=1S/C28H28N2O4/c1-4-14-34-23-11-9-20(10-12-23)26(31)24-25(21-6-5-13-29-16-21)30(28(33)27(24)32)17-22-15-18(2)7-8-19(22)3/h5-13,15-16,25,31H,4,14,17H2,1-3H3/b26-24+. The molecule has 2 heterocycles. The fraction of sp³-hybridized carbons (Fsp3) is 0.250. The second kappa shape index (κ2) is 9.91. The van der Waals surface area contributed by atoms with Crippen LogP contribution in [-0.4, -0.2) is 33.3 Å². The second-order valence-electron chi connectivity index (χ2n) is 8.52. The van der Waals surface area contributed by atoms with Crippen molar-refractivity contribution in [2.45, 2.75) is 39.8 Å². The number of ketones is 1. The summed E-state index contributed by atoms with van der Waals surface area (Å²) in [5.74, 6) is -0.877. The van der Waals surface area contributed by atoms with Gasteiger partial charge >= 0.3 is 0 Å². The predicted molar refractivity (Wildman–Crippen MR) is 130 cm³/mol. The van der Waals surface area contributed by atoms with E-state index in [1.54, 1.807) is 42.7 Å². The average molecular weight is 457 g/mol. The Kier molecular flexibility index (Phi) is 6.77. The van der Waals surface area contributed by atoms with Crippen molar-refractivity contribution in [1.29, 1.82) is 0 Å². The number of likely N-dealkylation sites (tertiary alicyclic amines) is 1. The van der Waals surface area contributed by atoms with Crippen molar-refractivity contribution in [3.8, 4) is 5.75 Å². The molecule has 3 aromatic rings. The topological polar surface area (TPSA) is 79.7 Å². The Morgan fingerprint density at radius 1 is 1.09 bits per heavy atom. The van der Waals surface area contributed by atoms with Gasteiger partial charge in [-0.05, 0) is 67.3 Å². The lowest BCUT2D eigenvalue weighted by atomic mass is 9.96. The minimum absolute atomic E-state index is 0.0607. The molecule has 1 aliphatic heterocycles. The Morgan fingerprint density at radius 3 is 2.53 bits per heavy atom. The molecule has 0 spiro atoms. The van der Waals surface area contributed by atoms with Crippen molar-refractivity contribution < 1.29 is 19.4 Å². The number of hydrogen-bond donors (Lipinski definition) is 1. The number of pyridine rings is 1. The highest BCUT2D eigenvalue weighted by molar-refractivity contribution is 6.46. The zero-order valence-corrected chi connectivity index (χ0v) is 19.6. The quantitative estimate of drug-likeness (QED) is 0.304. The summed E-state index contributed by atoms with van der Waals surface area (Å²) < 4.78 is 5.61. The van der Waals surface area contributed by atoms with Crippen LogP contribution in [0.1, 0.15) is 47.2 Å². The van der Waals surface area contributed by atoms with Crippen LogP contribution in [0.2, 0.25) is 0 Å². The van der Waals surface area contributed by atoms with Crippen LogP contribution in [0.25, 0.3) is 5.76 Å². The highest BCUT2D eigenvalue weighted by atomic mass is 16.5. The van der Waals surface area contributed by atoms with Gasteiger partial charge in [-0.25, -0.2) is 0 Å². The third kappa shape index (κ3) is 4.57. The van der Waals surface area contributed by atoms with Crippen molar-refractivity contribution in [3.05, 3.63) is 100 Å². The van der Waals surface area contributed by atoms with Crippen molar-refractivity contribution in [1.82, 2.24) is 9.88 Å². The Bertz CT molecular complexity index is 1230. The zero-order valence-electron chi connectivity index (χ0n) is 19.6. The summed E-state index contributed by atoms with van der Waals surface area (Å²) >= 11 is 0. The van der Waals surface area contributed by atoms with E-state index in [9.17, 15) is 14.7 Å². The number of aliphatic hydroxyl groups excluding tert-OH is 1. The second-order valence-corrected chi connectivity index (χ2v) is 8.52. The fourth-order valence-corrected chi connectivity index (χ4v) is 4.17. The van der Waals surface area contributed by atoms with E-state index < -0.39 is 17.7 Å². The maximum absolute atomic E-state index is 13.2. The van der Waals surface area contributed by atoms with Gasteiger partial charge in [0.2, 0.25) is 0 Å². The summed E-state index contributed by atoms with van der Waals surface area (Å²) in [6.45, 7) is 6.83. The van der Waals surface area contributed by atoms with Crippen molar-refractivity contribution in [2.75, 3.05) is 6.61 Å². The lowest BCUT2D eigenvalue weighted by molar-refractivity contribution is -0.140. The highest BCUT2D eigenvalue weighted by Gasteiger charge is 2.46. The molecule has 174 valence electrons. The molecule has 1 amide bonds. The summed E-state index contributed by atoms with van der Waals surface area (Å²) in [5.41, 5.74) is 4.22. The van der Waals surface area contributed by atoms with Gasteiger partial charge in [-0.1, -0.05) is 36.8 Å². The van der Waals surface area contributed by atoms with Crippen LogP contribution in [-0.2, 0) is 16.1 Å². The summed E-state index contributed by atoms with van der Waals surface area (Å²) in [4.78, 5) is 32.1. The number of benzene rings is 2. The summed E-state index contributed by atoms with van der Waals surface area (Å²) in [7, 11) is 0. The lowest BCUT2D eigenvalue weighted by Gasteiger charge is -2.26. The summed E-state index contributed by atoms with van der Waals surface area (Å²) in [6, 6.07) is 15.7. The van der Waals surface area contributed by atoms with Gasteiger partial charge in [-0.2, -0.15) is 0 Å². The van der Waals surface area contributed by atoms with E-state index in [0.29, 0.717) is 23.5 Å². The minimum atomic E-state index is -0.746. The molecular weight excluding hydrogens is 428 g/mol. The molecule has 1 aliphatic rings. The normalized spacial score (nSPS) is 17.3. The molecule has 0 radical (unpaired) electrons. The summed E-state index contributed by atoms with van der Waals surface area (Å²) in [6.07, 6.45) is 4.15. The molecular formula is C28H28N2O4. The van der Waals surface area contributed by atoms with E-state index in [0.717, 1.165) is 23.1 Å². The Morgan fingerprint density at radius 2 is 1.85 bits per heavy atom. The van der Waals surface area contributed by atoms with Crippen LogP contribution in [0.4, 0.5) is 0 Å². The fourth-order valence-electron chi connectivity index (χ4n) is 4.17. The van der Waals surface area contributed by atoms with Gasteiger partial charge in [0.25, 0.3) is 11.7 Å². The molecule has 6 heteroatoms. The first-order valence-corrected chi connectivity index (χ1v) is 11.4. The van der Waals surface area contributed by atoms with Gasteiger partial charge in [0.15, 0.2) is 0 Å². The number of ether oxygens (including phenoxy) is 1. The predicted octanol–water partition coefficient (Wildman–Crippen LogP) is 5.11. The van der Waals surface area contributed by atoms with E-state index in [-0.39, 0.29) is 17.9 Å². The molecule has 2 aromatic carbocycles. The van der Waals surface area contributed by atoms with Crippen LogP contribution in [0.3, 0.4) is 0 Å². The molecule has 34 heavy (non-hydrogen) atoms. The number of aryl methyl sites for hydroxylation is 2. The minimum Gasteiger partial charge on any atom is -0.507 e. The first-order chi connectivity index (χ1) is 16.4. The van der Waals surface area contributed by atoms with Crippen LogP contribution in [0.5, 0.6) is 5.75 Å². The third-order valence-electron chi connectivity index (χ3n) is 5.99. The molecule has 1 saturated heterocycles. The van der Waals surface area contributed by atoms with Crippen LogP contribution in [0, 0.1) is 13.8 Å². The number of aliphatic hydroxyl groups is 1. The molecule has 4 rings (SSSR count).